The highest BCUT2D eigenvalue weighted by Crippen LogP contribution is 2.29. The van der Waals surface area contributed by atoms with Gasteiger partial charge in [0.2, 0.25) is 16.0 Å². The van der Waals surface area contributed by atoms with Gasteiger partial charge in [0.25, 0.3) is 0 Å². The molecular formula is C20H27N7O3S. The smallest absolute Gasteiger partial charge is 0.240 e. The fraction of sp³-hybridized carbons (Fsp3) is 0.500. The summed E-state index contributed by atoms with van der Waals surface area (Å²) in [4.78, 5) is 9.12. The van der Waals surface area contributed by atoms with Crippen LogP contribution in [-0.4, -0.2) is 53.6 Å². The maximum absolute atomic E-state index is 12.4. The predicted molar refractivity (Wildman–Crippen MR) is 117 cm³/mol. The number of sulfonamides is 1. The Balaban J connectivity index is 1.46. The summed E-state index contributed by atoms with van der Waals surface area (Å²) in [7, 11) is -1.97. The van der Waals surface area contributed by atoms with Crippen molar-refractivity contribution in [2.45, 2.75) is 49.5 Å². The lowest BCUT2D eigenvalue weighted by molar-refractivity contribution is 0.196. The van der Waals surface area contributed by atoms with Gasteiger partial charge in [-0.2, -0.15) is 4.98 Å². The van der Waals surface area contributed by atoms with E-state index in [1.165, 1.54) is 19.3 Å². The van der Waals surface area contributed by atoms with Gasteiger partial charge in [-0.05, 0) is 43.5 Å². The molecule has 0 bridgehead atoms. The van der Waals surface area contributed by atoms with Gasteiger partial charge in [0.15, 0.2) is 11.2 Å². The third kappa shape index (κ3) is 5.17. The van der Waals surface area contributed by atoms with Gasteiger partial charge in [0.05, 0.1) is 17.1 Å². The summed E-state index contributed by atoms with van der Waals surface area (Å²) < 4.78 is 34.1. The molecule has 2 heterocycles. The highest BCUT2D eigenvalue weighted by Gasteiger charge is 2.20. The number of fused-ring (bicyclic) bond motifs is 1. The molecule has 1 aliphatic rings. The van der Waals surface area contributed by atoms with Crippen molar-refractivity contribution in [3.05, 3.63) is 30.5 Å². The lowest BCUT2D eigenvalue weighted by Crippen LogP contribution is -2.25. The molecule has 10 nitrogen and oxygen atoms in total. The highest BCUT2D eigenvalue weighted by molar-refractivity contribution is 7.89. The van der Waals surface area contributed by atoms with E-state index in [4.69, 9.17) is 4.74 Å². The Morgan fingerprint density at radius 1 is 1.16 bits per heavy atom. The standard InChI is InChI=1S/C20H27N7O3S/c1-30-13-5-12-22-31(28,29)17-10-8-15(9-11-17)23-20-21-14-18-19(24-20)27(26-25-18)16-6-3-2-4-7-16/h8-11,14,16,22H,2-7,12-13H2,1H3,(H,21,23,24). The number of nitrogens with one attached hydrogen (secondary N) is 2. The Bertz CT molecular complexity index is 1110. The van der Waals surface area contributed by atoms with Gasteiger partial charge >= 0.3 is 0 Å². The van der Waals surface area contributed by atoms with E-state index >= 15 is 0 Å². The van der Waals surface area contributed by atoms with E-state index in [1.807, 2.05) is 4.68 Å². The van der Waals surface area contributed by atoms with E-state index in [0.29, 0.717) is 48.4 Å². The van der Waals surface area contributed by atoms with E-state index < -0.39 is 10.0 Å². The maximum Gasteiger partial charge on any atom is 0.240 e. The Labute approximate surface area is 181 Å². The zero-order valence-corrected chi connectivity index (χ0v) is 18.3. The Morgan fingerprint density at radius 2 is 1.94 bits per heavy atom. The molecule has 31 heavy (non-hydrogen) atoms. The molecule has 0 spiro atoms. The van der Waals surface area contributed by atoms with Crippen LogP contribution in [0.25, 0.3) is 11.2 Å². The van der Waals surface area contributed by atoms with Crippen LogP contribution in [0.2, 0.25) is 0 Å². The van der Waals surface area contributed by atoms with Crippen molar-refractivity contribution in [1.29, 1.82) is 0 Å². The number of benzene rings is 1. The molecule has 0 saturated heterocycles. The second-order valence-corrected chi connectivity index (χ2v) is 9.39. The van der Waals surface area contributed by atoms with Crippen LogP contribution in [0.4, 0.5) is 11.6 Å². The second-order valence-electron chi connectivity index (χ2n) is 7.62. The molecule has 1 aliphatic carbocycles. The first-order valence-corrected chi connectivity index (χ1v) is 12.0. The first-order chi connectivity index (χ1) is 15.1. The average Bonchev–Trinajstić information content (AvgIpc) is 3.21. The summed E-state index contributed by atoms with van der Waals surface area (Å²) in [5, 5.41) is 11.6. The van der Waals surface area contributed by atoms with Crippen LogP contribution in [-0.2, 0) is 14.8 Å². The summed E-state index contributed by atoms with van der Waals surface area (Å²) in [6.45, 7) is 0.831. The normalized spacial score (nSPS) is 15.4. The Morgan fingerprint density at radius 3 is 2.68 bits per heavy atom. The lowest BCUT2D eigenvalue weighted by atomic mass is 9.96. The number of anilines is 2. The molecule has 1 aromatic carbocycles. The van der Waals surface area contributed by atoms with Crippen LogP contribution in [0.15, 0.2) is 35.4 Å². The first-order valence-electron chi connectivity index (χ1n) is 10.5. The number of aromatic nitrogens is 5. The van der Waals surface area contributed by atoms with Gasteiger partial charge in [0.1, 0.15) is 0 Å². The number of hydrogen-bond acceptors (Lipinski definition) is 8. The highest BCUT2D eigenvalue weighted by atomic mass is 32.2. The van der Waals surface area contributed by atoms with Gasteiger partial charge in [-0.15, -0.1) is 5.10 Å². The summed E-state index contributed by atoms with van der Waals surface area (Å²) in [5.74, 6) is 0.417. The number of nitrogens with zero attached hydrogens (tertiary/aromatic N) is 5. The van der Waals surface area contributed by atoms with Crippen LogP contribution in [0, 0.1) is 0 Å². The first kappa shape index (κ1) is 21.6. The van der Waals surface area contributed by atoms with Crippen LogP contribution in [0.5, 0.6) is 0 Å². The molecular weight excluding hydrogens is 418 g/mol. The van der Waals surface area contributed by atoms with E-state index in [9.17, 15) is 8.42 Å². The fourth-order valence-electron chi connectivity index (χ4n) is 3.73. The Hall–Kier alpha value is -2.63. The minimum absolute atomic E-state index is 0.200. The average molecular weight is 446 g/mol. The molecule has 1 saturated carbocycles. The van der Waals surface area contributed by atoms with Crippen LogP contribution in [0.1, 0.15) is 44.6 Å². The lowest BCUT2D eigenvalue weighted by Gasteiger charge is -2.21. The summed E-state index contributed by atoms with van der Waals surface area (Å²) in [6.07, 6.45) is 8.08. The number of methoxy groups -OCH3 is 1. The molecule has 0 aliphatic heterocycles. The van der Waals surface area contributed by atoms with E-state index in [0.717, 1.165) is 12.8 Å². The zero-order chi connectivity index (χ0) is 21.7. The molecule has 1 fully saturated rings. The molecule has 3 aromatic rings. The molecule has 11 heteroatoms. The maximum atomic E-state index is 12.4. The van der Waals surface area contributed by atoms with Crippen molar-refractivity contribution in [2.24, 2.45) is 0 Å². The van der Waals surface area contributed by atoms with Gasteiger partial charge in [-0.25, -0.2) is 22.8 Å². The number of rotatable bonds is 9. The van der Waals surface area contributed by atoms with Gasteiger partial charge in [-0.3, -0.25) is 0 Å². The van der Waals surface area contributed by atoms with Gasteiger partial charge < -0.3 is 10.1 Å². The molecule has 0 amide bonds. The largest absolute Gasteiger partial charge is 0.385 e. The van der Waals surface area contributed by atoms with Crippen molar-refractivity contribution in [3.8, 4) is 0 Å². The minimum atomic E-state index is -3.55. The van der Waals surface area contributed by atoms with Gasteiger partial charge in [-0.1, -0.05) is 24.5 Å². The molecule has 0 unspecified atom stereocenters. The third-order valence-corrected chi connectivity index (χ3v) is 6.85. The van der Waals surface area contributed by atoms with E-state index in [1.54, 1.807) is 37.6 Å². The van der Waals surface area contributed by atoms with Crippen LogP contribution >= 0.6 is 0 Å². The molecule has 0 radical (unpaired) electrons. The topological polar surface area (TPSA) is 124 Å². The number of hydrogen-bond donors (Lipinski definition) is 2. The van der Waals surface area contributed by atoms with E-state index in [-0.39, 0.29) is 4.90 Å². The van der Waals surface area contributed by atoms with Crippen LogP contribution in [0.3, 0.4) is 0 Å². The molecule has 2 aromatic heterocycles. The number of ether oxygens (including phenoxy) is 1. The SMILES string of the molecule is COCCCNS(=O)(=O)c1ccc(Nc2ncc3nnn(C4CCCCC4)c3n2)cc1. The molecule has 4 rings (SSSR count). The summed E-state index contributed by atoms with van der Waals surface area (Å²) in [5.41, 5.74) is 2.07. The second kappa shape index (κ2) is 9.67. The van der Waals surface area contributed by atoms with Crippen molar-refractivity contribution < 1.29 is 13.2 Å². The Kier molecular flexibility index (Phi) is 6.73. The molecule has 0 atom stereocenters. The van der Waals surface area contributed by atoms with Crippen LogP contribution < -0.4 is 10.0 Å². The summed E-state index contributed by atoms with van der Waals surface area (Å²) >= 11 is 0. The van der Waals surface area contributed by atoms with Gasteiger partial charge in [0, 0.05) is 25.9 Å². The quantitative estimate of drug-likeness (QED) is 0.482. The fourth-order valence-corrected chi connectivity index (χ4v) is 4.80. The van der Waals surface area contributed by atoms with E-state index in [2.05, 4.69) is 30.3 Å². The van der Waals surface area contributed by atoms with Crippen molar-refractivity contribution in [1.82, 2.24) is 29.7 Å². The predicted octanol–water partition coefficient (Wildman–Crippen LogP) is 2.78. The molecule has 166 valence electrons. The van der Waals surface area contributed by atoms with Crippen molar-refractivity contribution >= 4 is 32.8 Å². The van der Waals surface area contributed by atoms with Crippen molar-refractivity contribution in [3.63, 3.8) is 0 Å². The summed E-state index contributed by atoms with van der Waals surface area (Å²) in [6, 6.07) is 6.80. The zero-order valence-electron chi connectivity index (χ0n) is 17.5. The minimum Gasteiger partial charge on any atom is -0.385 e. The third-order valence-electron chi connectivity index (χ3n) is 5.37. The monoisotopic (exact) mass is 445 g/mol. The van der Waals surface area contributed by atoms with Crippen molar-refractivity contribution in [2.75, 3.05) is 25.6 Å². The molecule has 2 N–H and O–H groups in total.